The van der Waals surface area contributed by atoms with Crippen molar-refractivity contribution >= 4 is 35.1 Å². The van der Waals surface area contributed by atoms with Crippen LogP contribution in [0.1, 0.15) is 32.6 Å². The number of nitrogens with zero attached hydrogens (tertiary/aromatic N) is 2. The largest absolute Gasteiger partial charge is 0.370 e. The summed E-state index contributed by atoms with van der Waals surface area (Å²) in [4.78, 5) is 5.26. The summed E-state index contributed by atoms with van der Waals surface area (Å²) in [6.45, 7) is 4.23. The van der Waals surface area contributed by atoms with E-state index in [4.69, 9.17) is 17.3 Å². The van der Waals surface area contributed by atoms with E-state index in [9.17, 15) is 13.2 Å². The number of rotatable bonds is 8. The predicted octanol–water partition coefficient (Wildman–Crippen LogP) is 5.62. The zero-order chi connectivity index (χ0) is 21.0. The van der Waals surface area contributed by atoms with Gasteiger partial charge in [-0.05, 0) is 55.3 Å². The fourth-order valence-electron chi connectivity index (χ4n) is 3.59. The van der Waals surface area contributed by atoms with Crippen molar-refractivity contribution in [2.45, 2.75) is 37.5 Å². The van der Waals surface area contributed by atoms with E-state index in [1.807, 2.05) is 4.90 Å². The molecular formula is C20H24ClF3N4S. The zero-order valence-corrected chi connectivity index (χ0v) is 17.7. The van der Waals surface area contributed by atoms with Crippen molar-refractivity contribution < 1.29 is 13.2 Å². The molecular weight excluding hydrogens is 421 g/mol. The lowest BCUT2D eigenvalue weighted by molar-refractivity contribution is 0.325. The summed E-state index contributed by atoms with van der Waals surface area (Å²) in [7, 11) is 0. The second-order valence-corrected chi connectivity index (χ2v) is 8.81. The molecule has 1 atom stereocenters. The van der Waals surface area contributed by atoms with E-state index in [0.29, 0.717) is 37.3 Å². The van der Waals surface area contributed by atoms with Crippen LogP contribution >= 0.6 is 23.5 Å². The number of pyridine rings is 1. The SMILES string of the molecule is CC1(CCCCN)CCN(c2cc(F)c(SNc3cccc(F)n3)c(F)c2Cl)C1. The number of hydrogen-bond donors (Lipinski definition) is 2. The van der Waals surface area contributed by atoms with Crippen molar-refractivity contribution in [1.29, 1.82) is 0 Å². The third-order valence-electron chi connectivity index (χ3n) is 5.20. The molecule has 4 nitrogen and oxygen atoms in total. The third-order valence-corrected chi connectivity index (χ3v) is 6.45. The first-order chi connectivity index (χ1) is 13.8. The van der Waals surface area contributed by atoms with Crippen LogP contribution in [0.4, 0.5) is 24.7 Å². The Labute approximate surface area is 178 Å². The van der Waals surface area contributed by atoms with Crippen LogP contribution in [0.3, 0.4) is 0 Å². The minimum atomic E-state index is -0.840. The van der Waals surface area contributed by atoms with Crippen LogP contribution in [-0.4, -0.2) is 24.6 Å². The predicted molar refractivity (Wildman–Crippen MR) is 113 cm³/mol. The van der Waals surface area contributed by atoms with Gasteiger partial charge in [0.1, 0.15) is 21.6 Å². The summed E-state index contributed by atoms with van der Waals surface area (Å²) in [5, 5.41) is -0.117. The second-order valence-electron chi connectivity index (χ2n) is 7.61. The van der Waals surface area contributed by atoms with E-state index in [0.717, 1.165) is 25.7 Å². The molecule has 0 spiro atoms. The van der Waals surface area contributed by atoms with Gasteiger partial charge in [0.15, 0.2) is 5.82 Å². The highest BCUT2D eigenvalue weighted by molar-refractivity contribution is 8.00. The first-order valence-corrected chi connectivity index (χ1v) is 10.7. The Kier molecular flexibility index (Phi) is 7.19. The topological polar surface area (TPSA) is 54.2 Å². The summed E-state index contributed by atoms with van der Waals surface area (Å²) in [5.74, 6) is -2.10. The van der Waals surface area contributed by atoms with Gasteiger partial charge in [0, 0.05) is 19.2 Å². The number of halogens is 4. The molecule has 3 N–H and O–H groups in total. The quantitative estimate of drug-likeness (QED) is 0.239. The highest BCUT2D eigenvalue weighted by atomic mass is 35.5. The maximum absolute atomic E-state index is 14.8. The number of anilines is 2. The van der Waals surface area contributed by atoms with Gasteiger partial charge in [-0.15, -0.1) is 0 Å². The molecule has 2 heterocycles. The summed E-state index contributed by atoms with van der Waals surface area (Å²) >= 11 is 6.93. The molecule has 1 aromatic carbocycles. The Hall–Kier alpha value is -1.64. The number of unbranched alkanes of at least 4 members (excludes halogenated alkanes) is 1. The molecule has 1 saturated heterocycles. The van der Waals surface area contributed by atoms with Crippen LogP contribution in [0.25, 0.3) is 0 Å². The minimum Gasteiger partial charge on any atom is -0.370 e. The molecule has 1 aliphatic heterocycles. The van der Waals surface area contributed by atoms with Crippen LogP contribution < -0.4 is 15.4 Å². The van der Waals surface area contributed by atoms with Crippen LogP contribution in [0, 0.1) is 23.0 Å². The Morgan fingerprint density at radius 3 is 2.83 bits per heavy atom. The number of nitrogens with two attached hydrogens (primary N) is 1. The van der Waals surface area contributed by atoms with Gasteiger partial charge in [-0.25, -0.2) is 13.8 Å². The molecule has 29 heavy (non-hydrogen) atoms. The van der Waals surface area contributed by atoms with E-state index < -0.39 is 17.6 Å². The smallest absolute Gasteiger partial charge is 0.214 e. The average Bonchev–Trinajstić information content (AvgIpc) is 3.07. The van der Waals surface area contributed by atoms with Crippen molar-refractivity contribution in [1.82, 2.24) is 4.98 Å². The summed E-state index contributed by atoms with van der Waals surface area (Å²) in [5.41, 5.74) is 6.00. The fourth-order valence-corrected chi connectivity index (χ4v) is 4.58. The number of aromatic nitrogens is 1. The number of hydrogen-bond acceptors (Lipinski definition) is 5. The fraction of sp³-hybridized carbons (Fsp3) is 0.450. The lowest BCUT2D eigenvalue weighted by Crippen LogP contribution is -2.25. The van der Waals surface area contributed by atoms with Crippen LogP contribution in [-0.2, 0) is 0 Å². The molecule has 0 bridgehead atoms. The van der Waals surface area contributed by atoms with Gasteiger partial charge in [0.05, 0.1) is 5.69 Å². The van der Waals surface area contributed by atoms with Crippen molar-refractivity contribution in [2.75, 3.05) is 29.3 Å². The van der Waals surface area contributed by atoms with E-state index in [2.05, 4.69) is 16.6 Å². The van der Waals surface area contributed by atoms with Gasteiger partial charge in [-0.1, -0.05) is 31.0 Å². The minimum absolute atomic E-state index is 0.0729. The van der Waals surface area contributed by atoms with Gasteiger partial charge < -0.3 is 15.4 Å². The molecule has 158 valence electrons. The van der Waals surface area contributed by atoms with Crippen molar-refractivity contribution in [3.8, 4) is 0 Å². The molecule has 1 unspecified atom stereocenters. The van der Waals surface area contributed by atoms with E-state index in [-0.39, 0.29) is 21.2 Å². The Morgan fingerprint density at radius 2 is 2.10 bits per heavy atom. The standard InChI is InChI=1S/C20H24ClF3N4S/c1-20(7-2-3-9-25)8-10-28(12-20)14-11-13(22)19(18(24)17(14)21)29-27-16-6-4-5-15(23)26-16/h4-6,11H,2-3,7-10,12,25H2,1H3,(H,26,27). The van der Waals surface area contributed by atoms with Gasteiger partial charge in [0.25, 0.3) is 0 Å². The zero-order valence-electron chi connectivity index (χ0n) is 16.2. The second kappa shape index (κ2) is 9.45. The highest BCUT2D eigenvalue weighted by Gasteiger charge is 2.35. The van der Waals surface area contributed by atoms with Gasteiger partial charge in [0.2, 0.25) is 5.95 Å². The lowest BCUT2D eigenvalue weighted by Gasteiger charge is -2.26. The van der Waals surface area contributed by atoms with Crippen molar-refractivity contribution in [2.24, 2.45) is 11.1 Å². The van der Waals surface area contributed by atoms with Crippen LogP contribution in [0.15, 0.2) is 29.2 Å². The van der Waals surface area contributed by atoms with Crippen LogP contribution in [0.2, 0.25) is 5.02 Å². The summed E-state index contributed by atoms with van der Waals surface area (Å²) in [6.07, 6.45) is 3.95. The molecule has 0 amide bonds. The average molecular weight is 445 g/mol. The lowest BCUT2D eigenvalue weighted by atomic mass is 9.84. The first-order valence-electron chi connectivity index (χ1n) is 9.51. The Balaban J connectivity index is 1.74. The molecule has 0 saturated carbocycles. The summed E-state index contributed by atoms with van der Waals surface area (Å²) < 4.78 is 45.3. The van der Waals surface area contributed by atoms with Gasteiger partial charge in [-0.2, -0.15) is 4.39 Å². The maximum atomic E-state index is 14.8. The number of benzene rings is 1. The normalized spacial score (nSPS) is 19.0. The van der Waals surface area contributed by atoms with Crippen molar-refractivity contribution in [3.05, 3.63) is 46.9 Å². The van der Waals surface area contributed by atoms with Crippen LogP contribution in [0.5, 0.6) is 0 Å². The first kappa shape index (κ1) is 22.1. The summed E-state index contributed by atoms with van der Waals surface area (Å²) in [6, 6.07) is 5.39. The molecule has 1 fully saturated rings. The third kappa shape index (κ3) is 5.29. The van der Waals surface area contributed by atoms with E-state index >= 15 is 0 Å². The molecule has 3 rings (SSSR count). The monoisotopic (exact) mass is 444 g/mol. The number of nitrogens with one attached hydrogen (secondary N) is 1. The Morgan fingerprint density at radius 1 is 1.31 bits per heavy atom. The molecule has 1 aliphatic rings. The molecule has 0 aliphatic carbocycles. The molecule has 2 aromatic rings. The highest BCUT2D eigenvalue weighted by Crippen LogP contribution is 2.42. The molecule has 1 aromatic heterocycles. The molecule has 0 radical (unpaired) electrons. The van der Waals surface area contributed by atoms with Crippen molar-refractivity contribution in [3.63, 3.8) is 0 Å². The van der Waals surface area contributed by atoms with Gasteiger partial charge in [-0.3, -0.25) is 0 Å². The van der Waals surface area contributed by atoms with Gasteiger partial charge >= 0.3 is 0 Å². The maximum Gasteiger partial charge on any atom is 0.214 e. The molecule has 9 heteroatoms. The van der Waals surface area contributed by atoms with E-state index in [1.54, 1.807) is 0 Å². The Bertz CT molecular complexity index is 870. The van der Waals surface area contributed by atoms with E-state index in [1.165, 1.54) is 24.3 Å².